The van der Waals surface area contributed by atoms with E-state index in [1.807, 2.05) is 0 Å². The summed E-state index contributed by atoms with van der Waals surface area (Å²) >= 11 is 0. The van der Waals surface area contributed by atoms with Crippen molar-refractivity contribution in [3.05, 3.63) is 0 Å². The predicted molar refractivity (Wildman–Crippen MR) is 43.0 cm³/mol. The fourth-order valence-electron chi connectivity index (χ4n) is 0.996. The summed E-state index contributed by atoms with van der Waals surface area (Å²) in [5.41, 5.74) is 10.7. The van der Waals surface area contributed by atoms with E-state index in [0.717, 1.165) is 31.4 Å². The Bertz CT molecular complexity index is 202. The number of oxime groups is 1. The zero-order valence-corrected chi connectivity index (χ0v) is 7.09. The third kappa shape index (κ3) is 3.51. The first-order valence-corrected chi connectivity index (χ1v) is 5.26. The Hall–Kier alpha value is -0.380. The largest absolute Gasteiger partial charge is 0.405 e. The Morgan fingerprint density at radius 3 is 2.36 bits per heavy atom. The molecule has 64 valence electrons. The molecule has 0 aromatic heterocycles. The fraction of sp³-hybridized carbons (Fsp3) is 0.800. The lowest BCUT2D eigenvalue weighted by molar-refractivity contribution is 0.333. The predicted octanol–water partition coefficient (Wildman–Crippen LogP) is 0.958. The van der Waals surface area contributed by atoms with Crippen LogP contribution in [0.25, 0.3) is 0 Å². The van der Waals surface area contributed by atoms with Gasteiger partial charge < -0.3 is 4.62 Å². The Morgan fingerprint density at radius 2 is 1.91 bits per heavy atom. The van der Waals surface area contributed by atoms with Crippen LogP contribution in [0.2, 0.25) is 0 Å². The summed E-state index contributed by atoms with van der Waals surface area (Å²) in [4.78, 5) is 0. The van der Waals surface area contributed by atoms with E-state index in [4.69, 9.17) is 11.0 Å². The van der Waals surface area contributed by atoms with E-state index >= 15 is 0 Å². The maximum absolute atomic E-state index is 10.6. The minimum atomic E-state index is -3.41. The molecule has 1 saturated carbocycles. The second-order valence-electron chi connectivity index (χ2n) is 2.59. The standard InChI is InChI=1S/C5H12N3O2P/c6-11(7,9)10-8-5-3-1-2-4-5/h1-4H2,(H4,6,7,9). The summed E-state index contributed by atoms with van der Waals surface area (Å²) in [6.45, 7) is 0. The molecule has 0 amide bonds. The van der Waals surface area contributed by atoms with Crippen molar-refractivity contribution in [3.63, 3.8) is 0 Å². The lowest BCUT2D eigenvalue weighted by atomic mass is 10.3. The summed E-state index contributed by atoms with van der Waals surface area (Å²) in [6.07, 6.45) is 4.03. The second-order valence-corrected chi connectivity index (χ2v) is 4.05. The van der Waals surface area contributed by atoms with Crippen molar-refractivity contribution >= 4 is 13.4 Å². The maximum Gasteiger partial charge on any atom is 0.405 e. The number of hydrogen-bond acceptors (Lipinski definition) is 3. The quantitative estimate of drug-likeness (QED) is 0.485. The van der Waals surface area contributed by atoms with Gasteiger partial charge in [0.2, 0.25) is 0 Å². The zero-order valence-electron chi connectivity index (χ0n) is 6.19. The van der Waals surface area contributed by atoms with E-state index in [2.05, 4.69) is 9.78 Å². The van der Waals surface area contributed by atoms with E-state index in [0.29, 0.717) is 0 Å². The molecule has 0 saturated heterocycles. The molecule has 0 unspecified atom stereocenters. The minimum absolute atomic E-state index is 0.903. The minimum Gasteiger partial charge on any atom is -0.312 e. The molecule has 1 rings (SSSR count). The molecule has 11 heavy (non-hydrogen) atoms. The van der Waals surface area contributed by atoms with Crippen molar-refractivity contribution in [2.24, 2.45) is 16.2 Å². The van der Waals surface area contributed by atoms with E-state index < -0.39 is 7.67 Å². The molecule has 0 radical (unpaired) electrons. The number of hydrogen-bond donors (Lipinski definition) is 2. The van der Waals surface area contributed by atoms with E-state index in [1.54, 1.807) is 0 Å². The lowest BCUT2D eigenvalue weighted by Gasteiger charge is -2.02. The van der Waals surface area contributed by atoms with Crippen LogP contribution in [0, 0.1) is 0 Å². The van der Waals surface area contributed by atoms with Crippen LogP contribution < -0.4 is 11.0 Å². The third-order valence-corrected chi connectivity index (χ3v) is 1.82. The van der Waals surface area contributed by atoms with E-state index in [-0.39, 0.29) is 0 Å². The van der Waals surface area contributed by atoms with Crippen LogP contribution in [0.5, 0.6) is 0 Å². The summed E-state index contributed by atoms with van der Waals surface area (Å²) < 4.78 is 15.0. The molecule has 1 aliphatic rings. The third-order valence-electron chi connectivity index (χ3n) is 1.48. The number of nitrogens with two attached hydrogens (primary N) is 2. The Kier molecular flexibility index (Phi) is 2.65. The Balaban J connectivity index is 2.40. The van der Waals surface area contributed by atoms with Crippen LogP contribution in [-0.2, 0) is 9.19 Å². The molecule has 4 N–H and O–H groups in total. The van der Waals surface area contributed by atoms with Gasteiger partial charge in [-0.05, 0) is 25.7 Å². The van der Waals surface area contributed by atoms with Crippen LogP contribution >= 0.6 is 7.67 Å². The van der Waals surface area contributed by atoms with Gasteiger partial charge in [0.15, 0.2) is 0 Å². The summed E-state index contributed by atoms with van der Waals surface area (Å²) in [7, 11) is -3.41. The first kappa shape index (κ1) is 8.71. The van der Waals surface area contributed by atoms with Gasteiger partial charge in [-0.3, -0.25) is 0 Å². The van der Waals surface area contributed by atoms with Crippen LogP contribution in [0.4, 0.5) is 0 Å². The highest BCUT2D eigenvalue weighted by Crippen LogP contribution is 2.27. The maximum atomic E-state index is 10.6. The van der Waals surface area contributed by atoms with Crippen molar-refractivity contribution in [1.82, 2.24) is 0 Å². The molecule has 6 heteroatoms. The van der Waals surface area contributed by atoms with Crippen molar-refractivity contribution in [3.8, 4) is 0 Å². The first-order valence-electron chi connectivity index (χ1n) is 3.49. The fourth-order valence-corrected chi connectivity index (χ4v) is 1.24. The smallest absolute Gasteiger partial charge is 0.312 e. The van der Waals surface area contributed by atoms with Crippen molar-refractivity contribution in [2.75, 3.05) is 0 Å². The molecule has 0 aromatic rings. The van der Waals surface area contributed by atoms with Crippen LogP contribution in [0.15, 0.2) is 5.16 Å². The molecule has 1 aliphatic carbocycles. The molecule has 0 heterocycles. The summed E-state index contributed by atoms with van der Waals surface area (Å²) in [5.74, 6) is 0. The highest BCUT2D eigenvalue weighted by atomic mass is 31.2. The van der Waals surface area contributed by atoms with Gasteiger partial charge in [0.25, 0.3) is 0 Å². The SMILES string of the molecule is NP(N)(=O)ON=C1CCCC1. The molecule has 1 fully saturated rings. The molecular formula is C5H12N3O2P. The number of nitrogens with zero attached hydrogens (tertiary/aromatic N) is 1. The molecule has 0 aromatic carbocycles. The molecule has 0 atom stereocenters. The molecule has 0 bridgehead atoms. The summed E-state index contributed by atoms with van der Waals surface area (Å²) in [6, 6.07) is 0. The van der Waals surface area contributed by atoms with Gasteiger partial charge in [0, 0.05) is 0 Å². The van der Waals surface area contributed by atoms with Gasteiger partial charge in [0.1, 0.15) is 0 Å². The van der Waals surface area contributed by atoms with Crippen molar-refractivity contribution in [1.29, 1.82) is 0 Å². The molecule has 0 aliphatic heterocycles. The van der Waals surface area contributed by atoms with Crippen LogP contribution in [0.1, 0.15) is 25.7 Å². The van der Waals surface area contributed by atoms with E-state index in [1.165, 1.54) is 0 Å². The van der Waals surface area contributed by atoms with Gasteiger partial charge in [0.05, 0.1) is 5.71 Å². The Labute approximate surface area is 65.3 Å². The monoisotopic (exact) mass is 177 g/mol. The lowest BCUT2D eigenvalue weighted by Crippen LogP contribution is -2.06. The summed E-state index contributed by atoms with van der Waals surface area (Å²) in [5, 5.41) is 3.60. The Morgan fingerprint density at radius 1 is 1.36 bits per heavy atom. The normalized spacial score (nSPS) is 18.5. The van der Waals surface area contributed by atoms with Gasteiger partial charge in [-0.15, -0.1) is 0 Å². The molecule has 5 nitrogen and oxygen atoms in total. The van der Waals surface area contributed by atoms with Crippen LogP contribution in [0.3, 0.4) is 0 Å². The highest BCUT2D eigenvalue weighted by molar-refractivity contribution is 7.53. The van der Waals surface area contributed by atoms with Crippen molar-refractivity contribution < 1.29 is 9.19 Å². The highest BCUT2D eigenvalue weighted by Gasteiger charge is 2.12. The van der Waals surface area contributed by atoms with Gasteiger partial charge in [-0.1, -0.05) is 5.16 Å². The average Bonchev–Trinajstić information content (AvgIpc) is 2.32. The first-order chi connectivity index (χ1) is 5.08. The topological polar surface area (TPSA) is 90.7 Å². The van der Waals surface area contributed by atoms with Gasteiger partial charge in [-0.25, -0.2) is 15.6 Å². The average molecular weight is 177 g/mol. The van der Waals surface area contributed by atoms with Gasteiger partial charge in [-0.2, -0.15) is 0 Å². The van der Waals surface area contributed by atoms with E-state index in [9.17, 15) is 4.57 Å². The molecular weight excluding hydrogens is 165 g/mol. The van der Waals surface area contributed by atoms with Crippen LogP contribution in [-0.4, -0.2) is 5.71 Å². The number of rotatable bonds is 2. The van der Waals surface area contributed by atoms with Gasteiger partial charge >= 0.3 is 7.67 Å². The molecule has 0 spiro atoms. The van der Waals surface area contributed by atoms with Crippen molar-refractivity contribution in [2.45, 2.75) is 25.7 Å². The second kappa shape index (κ2) is 3.34. The zero-order chi connectivity index (χ0) is 8.32.